The lowest BCUT2D eigenvalue weighted by molar-refractivity contribution is -0.142. The van der Waals surface area contributed by atoms with Gasteiger partial charge < -0.3 is 10.1 Å². The predicted molar refractivity (Wildman–Crippen MR) is 85.6 cm³/mol. The van der Waals surface area contributed by atoms with Crippen LogP contribution in [0.2, 0.25) is 0 Å². The van der Waals surface area contributed by atoms with Crippen molar-refractivity contribution in [2.45, 2.75) is 43.7 Å². The van der Waals surface area contributed by atoms with Crippen LogP contribution in [-0.4, -0.2) is 35.3 Å². The van der Waals surface area contributed by atoms with E-state index in [1.54, 1.807) is 6.92 Å². The van der Waals surface area contributed by atoms with Crippen LogP contribution in [0.4, 0.5) is 0 Å². The van der Waals surface area contributed by atoms with Gasteiger partial charge in [0.1, 0.15) is 0 Å². The van der Waals surface area contributed by atoms with Crippen molar-refractivity contribution in [1.29, 1.82) is 0 Å². The first-order valence-corrected chi connectivity index (χ1v) is 8.72. The third-order valence-electron chi connectivity index (χ3n) is 2.49. The first-order valence-electron chi connectivity index (χ1n) is 6.96. The number of nitrogens with one attached hydrogen (secondary N) is 1. The molecule has 0 saturated heterocycles. The number of carbonyl (C=O) groups excluding carboxylic acids is 2. The van der Waals surface area contributed by atoms with Crippen molar-refractivity contribution in [1.82, 2.24) is 10.3 Å². The number of aromatic nitrogens is 1. The second-order valence-corrected chi connectivity index (χ2v) is 7.43. The zero-order valence-corrected chi connectivity index (χ0v) is 14.5. The Balaban J connectivity index is 2.46. The summed E-state index contributed by atoms with van der Waals surface area (Å²) in [5.74, 6) is 0.167. The van der Waals surface area contributed by atoms with Gasteiger partial charge in [0.15, 0.2) is 4.34 Å². The van der Waals surface area contributed by atoms with E-state index in [0.717, 1.165) is 4.34 Å². The first-order chi connectivity index (χ1) is 9.92. The maximum Gasteiger partial charge on any atom is 0.311 e. The molecule has 0 aliphatic carbocycles. The molecule has 1 N–H and O–H groups in total. The van der Waals surface area contributed by atoms with Crippen LogP contribution in [0.25, 0.3) is 0 Å². The van der Waals surface area contributed by atoms with Crippen molar-refractivity contribution in [3.05, 3.63) is 11.1 Å². The lowest BCUT2D eigenvalue weighted by atomic mass is 10.2. The molecule has 0 aliphatic rings. The van der Waals surface area contributed by atoms with Crippen molar-refractivity contribution in [3.8, 4) is 0 Å². The number of hydrogen-bond acceptors (Lipinski definition) is 6. The number of amides is 1. The number of carbonyl (C=O) groups is 2. The monoisotopic (exact) mass is 330 g/mol. The summed E-state index contributed by atoms with van der Waals surface area (Å²) in [5.41, 5.74) is 0.690. The second kappa shape index (κ2) is 9.04. The van der Waals surface area contributed by atoms with E-state index in [4.69, 9.17) is 4.74 Å². The smallest absolute Gasteiger partial charge is 0.311 e. The summed E-state index contributed by atoms with van der Waals surface area (Å²) in [6, 6.07) is 0. The average Bonchev–Trinajstić information content (AvgIpc) is 2.83. The maximum absolute atomic E-state index is 11.9. The summed E-state index contributed by atoms with van der Waals surface area (Å²) in [7, 11) is 0. The van der Waals surface area contributed by atoms with Gasteiger partial charge in [-0.05, 0) is 19.8 Å². The molecule has 21 heavy (non-hydrogen) atoms. The molecule has 118 valence electrons. The minimum Gasteiger partial charge on any atom is -0.466 e. The van der Waals surface area contributed by atoms with E-state index in [9.17, 15) is 9.59 Å². The van der Waals surface area contributed by atoms with Crippen LogP contribution in [0.1, 0.15) is 33.4 Å². The van der Waals surface area contributed by atoms with E-state index in [2.05, 4.69) is 24.1 Å². The van der Waals surface area contributed by atoms with E-state index in [-0.39, 0.29) is 23.5 Å². The molecular weight excluding hydrogens is 308 g/mol. The van der Waals surface area contributed by atoms with Gasteiger partial charge in [-0.2, -0.15) is 0 Å². The molecule has 0 unspecified atom stereocenters. The average molecular weight is 330 g/mol. The van der Waals surface area contributed by atoms with Gasteiger partial charge >= 0.3 is 5.97 Å². The van der Waals surface area contributed by atoms with Gasteiger partial charge in [0.05, 0.1) is 24.0 Å². The Hall–Kier alpha value is -1.08. The zero-order valence-electron chi connectivity index (χ0n) is 12.8. The van der Waals surface area contributed by atoms with Gasteiger partial charge in [0.25, 0.3) is 0 Å². The molecule has 0 bridgehead atoms. The Bertz CT molecular complexity index is 475. The molecule has 0 radical (unpaired) electrons. The molecule has 1 rings (SSSR count). The molecule has 0 aliphatic heterocycles. The van der Waals surface area contributed by atoms with Gasteiger partial charge in [-0.3, -0.25) is 9.59 Å². The molecule has 1 amide bonds. The number of hydrogen-bond donors (Lipinski definition) is 1. The zero-order chi connectivity index (χ0) is 15.8. The number of thiazole rings is 1. The molecule has 1 heterocycles. The van der Waals surface area contributed by atoms with Crippen LogP contribution in [0.15, 0.2) is 9.72 Å². The van der Waals surface area contributed by atoms with Crippen LogP contribution in [0.5, 0.6) is 0 Å². The molecule has 5 nitrogen and oxygen atoms in total. The largest absolute Gasteiger partial charge is 0.466 e. The minimum absolute atomic E-state index is 0.0100. The summed E-state index contributed by atoms with van der Waals surface area (Å²) in [4.78, 5) is 27.6. The van der Waals surface area contributed by atoms with E-state index in [1.807, 2.05) is 12.3 Å². The molecule has 1 atom stereocenters. The fourth-order valence-corrected chi connectivity index (χ4v) is 3.44. The van der Waals surface area contributed by atoms with Gasteiger partial charge in [-0.15, -0.1) is 11.3 Å². The molecule has 7 heteroatoms. The predicted octanol–water partition coefficient (Wildman–Crippen LogP) is 2.50. The number of esters is 1. The lowest BCUT2D eigenvalue weighted by Crippen LogP contribution is -2.33. The molecule has 1 aromatic heterocycles. The van der Waals surface area contributed by atoms with Crippen LogP contribution >= 0.6 is 23.1 Å². The van der Waals surface area contributed by atoms with Crippen LogP contribution in [0, 0.1) is 5.92 Å². The summed E-state index contributed by atoms with van der Waals surface area (Å²) in [6.45, 7) is 8.79. The van der Waals surface area contributed by atoms with E-state index < -0.39 is 0 Å². The van der Waals surface area contributed by atoms with Crippen molar-refractivity contribution in [2.75, 3.05) is 13.2 Å². The Kier molecular flexibility index (Phi) is 7.74. The third kappa shape index (κ3) is 6.95. The van der Waals surface area contributed by atoms with E-state index in [0.29, 0.717) is 24.8 Å². The Morgan fingerprint density at radius 2 is 2.14 bits per heavy atom. The number of rotatable bonds is 8. The van der Waals surface area contributed by atoms with Crippen LogP contribution in [0.3, 0.4) is 0 Å². The fourth-order valence-electron chi connectivity index (χ4n) is 1.44. The molecular formula is C14H22N2O3S2. The lowest BCUT2D eigenvalue weighted by Gasteiger charge is -2.11. The quantitative estimate of drug-likeness (QED) is 0.586. The number of ether oxygens (including phenoxy) is 1. The van der Waals surface area contributed by atoms with Crippen molar-refractivity contribution in [3.63, 3.8) is 0 Å². The van der Waals surface area contributed by atoms with Crippen LogP contribution in [-0.2, 0) is 20.7 Å². The topological polar surface area (TPSA) is 68.3 Å². The summed E-state index contributed by atoms with van der Waals surface area (Å²) >= 11 is 2.85. The Morgan fingerprint density at radius 1 is 1.43 bits per heavy atom. The van der Waals surface area contributed by atoms with Gasteiger partial charge in [0, 0.05) is 11.9 Å². The summed E-state index contributed by atoms with van der Waals surface area (Å²) < 4.78 is 5.68. The Morgan fingerprint density at radius 3 is 2.76 bits per heavy atom. The highest BCUT2D eigenvalue weighted by atomic mass is 32.2. The molecule has 0 spiro atoms. The SMILES string of the molecule is CCOC(=O)Cc1csc(S[C@H](C)C(=O)NCC(C)C)n1. The van der Waals surface area contributed by atoms with E-state index in [1.165, 1.54) is 23.1 Å². The van der Waals surface area contributed by atoms with Gasteiger partial charge in [-0.1, -0.05) is 25.6 Å². The Labute approximate surface area is 133 Å². The summed E-state index contributed by atoms with van der Waals surface area (Å²) in [5, 5.41) is 4.53. The molecule has 1 aromatic rings. The van der Waals surface area contributed by atoms with Crippen molar-refractivity contribution < 1.29 is 14.3 Å². The standard InChI is InChI=1S/C14H22N2O3S2/c1-5-19-12(17)6-11-8-20-14(16-11)21-10(4)13(18)15-7-9(2)3/h8-10H,5-7H2,1-4H3,(H,15,18)/t10-/m1/s1. The molecule has 0 aromatic carbocycles. The molecule has 0 saturated carbocycles. The first kappa shape index (κ1) is 18.0. The third-order valence-corrected chi connectivity index (χ3v) is 4.61. The molecule has 0 fully saturated rings. The van der Waals surface area contributed by atoms with E-state index >= 15 is 0 Å². The number of nitrogens with zero attached hydrogens (tertiary/aromatic N) is 1. The highest BCUT2D eigenvalue weighted by molar-refractivity contribution is 8.02. The minimum atomic E-state index is -0.276. The maximum atomic E-state index is 11.9. The fraction of sp³-hybridized carbons (Fsp3) is 0.643. The van der Waals surface area contributed by atoms with Crippen molar-refractivity contribution in [2.24, 2.45) is 5.92 Å². The van der Waals surface area contributed by atoms with Crippen LogP contribution < -0.4 is 5.32 Å². The normalized spacial score (nSPS) is 12.2. The van der Waals surface area contributed by atoms with Gasteiger partial charge in [-0.25, -0.2) is 4.98 Å². The van der Waals surface area contributed by atoms with Gasteiger partial charge in [0.2, 0.25) is 5.91 Å². The summed E-state index contributed by atoms with van der Waals surface area (Å²) in [6.07, 6.45) is 0.179. The van der Waals surface area contributed by atoms with Crippen molar-refractivity contribution >= 4 is 35.0 Å². The number of thioether (sulfide) groups is 1. The second-order valence-electron chi connectivity index (χ2n) is 4.99. The highest BCUT2D eigenvalue weighted by Gasteiger charge is 2.17. The highest BCUT2D eigenvalue weighted by Crippen LogP contribution is 2.27.